The fourth-order valence-electron chi connectivity index (χ4n) is 4.50. The van der Waals surface area contributed by atoms with E-state index in [0.717, 1.165) is 11.3 Å². The molecule has 0 radical (unpaired) electrons. The Morgan fingerprint density at radius 3 is 2.59 bits per heavy atom. The van der Waals surface area contributed by atoms with Crippen molar-refractivity contribution in [2.45, 2.75) is 45.8 Å². The Morgan fingerprint density at radius 1 is 1.12 bits per heavy atom. The van der Waals surface area contributed by atoms with Crippen LogP contribution in [-0.2, 0) is 4.74 Å². The molecule has 0 saturated heterocycles. The molecule has 41 heavy (non-hydrogen) atoms. The van der Waals surface area contributed by atoms with Gasteiger partial charge in [-0.1, -0.05) is 36.4 Å². The molecule has 218 valence electrons. The first kappa shape index (κ1) is 29.6. The molecule has 3 aromatic rings. The van der Waals surface area contributed by atoms with E-state index >= 15 is 0 Å². The number of anilines is 3. The summed E-state index contributed by atoms with van der Waals surface area (Å²) >= 11 is 0. The molecule has 1 N–H and O–H groups in total. The van der Waals surface area contributed by atoms with Crippen LogP contribution >= 0.6 is 0 Å². The lowest BCUT2D eigenvalue weighted by Gasteiger charge is -2.27. The molecular weight excluding hydrogens is 520 g/mol. The van der Waals surface area contributed by atoms with Crippen molar-refractivity contribution in [2.24, 2.45) is 0 Å². The molecule has 1 aromatic heterocycles. The predicted molar refractivity (Wildman–Crippen MR) is 161 cm³/mol. The van der Waals surface area contributed by atoms with Crippen LogP contribution in [0.3, 0.4) is 0 Å². The maximum absolute atomic E-state index is 13.7. The topological polar surface area (TPSA) is 100 Å². The summed E-state index contributed by atoms with van der Waals surface area (Å²) in [5, 5.41) is 3.11. The monoisotopic (exact) mass is 560 g/mol. The average Bonchev–Trinajstić information content (AvgIpc) is 3.06. The number of rotatable bonds is 9. The molecule has 2 heterocycles. The summed E-state index contributed by atoms with van der Waals surface area (Å²) in [7, 11) is 3.65. The van der Waals surface area contributed by atoms with Gasteiger partial charge in [0.15, 0.2) is 0 Å². The Balaban J connectivity index is 1.54. The number of hydrogen-bond acceptors (Lipinski definition) is 8. The molecule has 10 nitrogen and oxygen atoms in total. The van der Waals surface area contributed by atoms with Gasteiger partial charge in [-0.05, 0) is 45.4 Å². The number of nitrogens with zero attached hydrogens (tertiary/aromatic N) is 5. The summed E-state index contributed by atoms with van der Waals surface area (Å²) in [4.78, 5) is 40.4. The predicted octanol–water partition coefficient (Wildman–Crippen LogP) is 5.38. The van der Waals surface area contributed by atoms with Gasteiger partial charge in [0.1, 0.15) is 28.8 Å². The number of hydrogen-bond donors (Lipinski definition) is 1. The quantitative estimate of drug-likeness (QED) is 0.372. The van der Waals surface area contributed by atoms with Gasteiger partial charge in [-0.15, -0.1) is 0 Å². The van der Waals surface area contributed by atoms with Gasteiger partial charge in [-0.2, -0.15) is 4.98 Å². The minimum atomic E-state index is -0.567. The fourth-order valence-corrected chi connectivity index (χ4v) is 4.50. The number of amides is 2. The van der Waals surface area contributed by atoms with Crippen molar-refractivity contribution < 1.29 is 19.1 Å². The van der Waals surface area contributed by atoms with Crippen molar-refractivity contribution in [3.8, 4) is 5.75 Å². The van der Waals surface area contributed by atoms with Crippen molar-refractivity contribution >= 4 is 29.5 Å². The Morgan fingerprint density at radius 2 is 1.88 bits per heavy atom. The lowest BCUT2D eigenvalue weighted by Crippen LogP contribution is -2.35. The summed E-state index contributed by atoms with van der Waals surface area (Å²) in [6, 6.07) is 17.4. The number of carbonyl (C=O) groups is 2. The van der Waals surface area contributed by atoms with Crippen LogP contribution in [0.15, 0.2) is 60.8 Å². The molecule has 0 spiro atoms. The highest BCUT2D eigenvalue weighted by Crippen LogP contribution is 2.31. The third kappa shape index (κ3) is 7.65. The Hall–Kier alpha value is -4.34. The van der Waals surface area contributed by atoms with Gasteiger partial charge in [-0.3, -0.25) is 4.79 Å². The lowest BCUT2D eigenvalue weighted by molar-refractivity contribution is 0.0278. The fraction of sp³-hybridized carbons (Fsp3) is 0.419. The second-order valence-corrected chi connectivity index (χ2v) is 11.0. The number of benzene rings is 2. The molecule has 0 aliphatic carbocycles. The minimum absolute atomic E-state index is 0.164. The highest BCUT2D eigenvalue weighted by Gasteiger charge is 2.28. The SMILES string of the molecule is CCNc1ncc2c(n1)N(C)CCN(c1cccc(OC(CCN(C)C(=O)OC(C)(C)C)c3ccccc3)c1)C2=O. The molecule has 1 aliphatic rings. The van der Waals surface area contributed by atoms with Crippen LogP contribution in [0.2, 0.25) is 0 Å². The Labute approximate surface area is 242 Å². The molecule has 2 aromatic carbocycles. The maximum Gasteiger partial charge on any atom is 0.410 e. The van der Waals surface area contributed by atoms with Crippen LogP contribution in [0.1, 0.15) is 56.1 Å². The van der Waals surface area contributed by atoms with Gasteiger partial charge in [0.25, 0.3) is 5.91 Å². The maximum atomic E-state index is 13.7. The van der Waals surface area contributed by atoms with Gasteiger partial charge in [0, 0.05) is 64.6 Å². The van der Waals surface area contributed by atoms with E-state index in [9.17, 15) is 9.59 Å². The first-order valence-electron chi connectivity index (χ1n) is 14.0. The first-order chi connectivity index (χ1) is 19.6. The Kier molecular flexibility index (Phi) is 9.31. The van der Waals surface area contributed by atoms with Gasteiger partial charge >= 0.3 is 6.09 Å². The van der Waals surface area contributed by atoms with Crippen molar-refractivity contribution in [2.75, 3.05) is 55.4 Å². The van der Waals surface area contributed by atoms with Crippen LogP contribution in [0, 0.1) is 0 Å². The molecule has 1 atom stereocenters. The second-order valence-electron chi connectivity index (χ2n) is 11.0. The smallest absolute Gasteiger partial charge is 0.410 e. The zero-order valence-electron chi connectivity index (χ0n) is 24.8. The van der Waals surface area contributed by atoms with E-state index in [1.54, 1.807) is 23.0 Å². The summed E-state index contributed by atoms with van der Waals surface area (Å²) in [5.74, 6) is 1.57. The van der Waals surface area contributed by atoms with E-state index in [-0.39, 0.29) is 18.1 Å². The van der Waals surface area contributed by atoms with Crippen LogP contribution in [0.25, 0.3) is 0 Å². The average molecular weight is 561 g/mol. The van der Waals surface area contributed by atoms with Crippen molar-refractivity contribution in [3.05, 3.63) is 71.9 Å². The Bertz CT molecular complexity index is 1340. The molecule has 10 heteroatoms. The molecule has 2 amide bonds. The van der Waals surface area contributed by atoms with Crippen LogP contribution < -0.4 is 19.9 Å². The second kappa shape index (κ2) is 12.9. The van der Waals surface area contributed by atoms with E-state index in [1.165, 1.54) is 0 Å². The van der Waals surface area contributed by atoms with Crippen molar-refractivity contribution in [1.82, 2.24) is 14.9 Å². The van der Waals surface area contributed by atoms with Gasteiger partial charge in [0.05, 0.1) is 0 Å². The number of nitrogens with one attached hydrogen (secondary N) is 1. The molecule has 0 saturated carbocycles. The normalized spacial score (nSPS) is 14.1. The standard InChI is InChI=1S/C31H40N6O4/c1-7-32-29-33-21-25-27(34-29)35(5)18-19-37(28(25)38)23-14-11-15-24(20-23)40-26(22-12-9-8-10-13-22)16-17-36(6)30(39)41-31(2,3)4/h8-15,20-21,26H,7,16-19H2,1-6H3,(H,32,33,34). The molecule has 1 aliphatic heterocycles. The van der Waals surface area contributed by atoms with E-state index in [0.29, 0.717) is 55.7 Å². The molecule has 4 rings (SSSR count). The summed E-state index contributed by atoms with van der Waals surface area (Å²) in [5.41, 5.74) is 1.60. The van der Waals surface area contributed by atoms with Crippen molar-refractivity contribution in [3.63, 3.8) is 0 Å². The summed E-state index contributed by atoms with van der Waals surface area (Å²) in [6.45, 7) is 9.74. The number of ether oxygens (including phenoxy) is 2. The lowest BCUT2D eigenvalue weighted by atomic mass is 10.1. The van der Waals surface area contributed by atoms with Crippen LogP contribution in [0.4, 0.5) is 22.2 Å². The highest BCUT2D eigenvalue weighted by molar-refractivity contribution is 6.09. The highest BCUT2D eigenvalue weighted by atomic mass is 16.6. The molecule has 1 unspecified atom stereocenters. The number of carbonyl (C=O) groups excluding carboxylic acids is 2. The number of aromatic nitrogens is 2. The summed E-state index contributed by atoms with van der Waals surface area (Å²) < 4.78 is 12.0. The van der Waals surface area contributed by atoms with E-state index in [2.05, 4.69) is 15.3 Å². The third-order valence-corrected chi connectivity index (χ3v) is 6.61. The molecule has 0 bridgehead atoms. The van der Waals surface area contributed by atoms with Gasteiger partial charge < -0.3 is 29.5 Å². The van der Waals surface area contributed by atoms with Gasteiger partial charge in [0.2, 0.25) is 5.95 Å². The van der Waals surface area contributed by atoms with Gasteiger partial charge in [-0.25, -0.2) is 9.78 Å². The zero-order chi connectivity index (χ0) is 29.6. The number of fused-ring (bicyclic) bond motifs is 1. The largest absolute Gasteiger partial charge is 0.486 e. The van der Waals surface area contributed by atoms with Crippen LogP contribution in [0.5, 0.6) is 5.75 Å². The first-order valence-corrected chi connectivity index (χ1v) is 14.0. The molecule has 0 fully saturated rings. The summed E-state index contributed by atoms with van der Waals surface area (Å²) in [6.07, 6.45) is 1.44. The van der Waals surface area contributed by atoms with E-state index in [1.807, 2.05) is 94.2 Å². The van der Waals surface area contributed by atoms with Crippen molar-refractivity contribution in [1.29, 1.82) is 0 Å². The third-order valence-electron chi connectivity index (χ3n) is 6.61. The van der Waals surface area contributed by atoms with E-state index < -0.39 is 5.60 Å². The zero-order valence-corrected chi connectivity index (χ0v) is 24.8. The molecular formula is C31H40N6O4. The van der Waals surface area contributed by atoms with E-state index in [4.69, 9.17) is 9.47 Å². The van der Waals surface area contributed by atoms with Crippen LogP contribution in [-0.4, -0.2) is 72.7 Å². The number of likely N-dealkylation sites (N-methyl/N-ethyl adjacent to an activating group) is 1. The minimum Gasteiger partial charge on any atom is -0.486 e.